The topological polar surface area (TPSA) is 127 Å². The molecule has 0 saturated carbocycles. The van der Waals surface area contributed by atoms with Crippen molar-refractivity contribution in [3.05, 3.63) is 58.7 Å². The molecule has 2 rings (SSSR count). The van der Waals surface area contributed by atoms with Gasteiger partial charge in [-0.3, -0.25) is 0 Å². The third-order valence-electron chi connectivity index (χ3n) is 3.76. The molecule has 23 heavy (non-hydrogen) atoms. The lowest BCUT2D eigenvalue weighted by Gasteiger charge is -2.14. The van der Waals surface area contributed by atoms with Gasteiger partial charge in [-0.15, -0.1) is 0 Å². The van der Waals surface area contributed by atoms with Gasteiger partial charge >= 0.3 is 11.9 Å². The standard InChI is InChI=1S/C17H18N2O4/c1-9(11-3-5-13(17(22)23)15(19)8-11)6-10-2-4-12(16(20)21)14(18)7-10/h2-5,7-9H,6,18-19H2,1H3,(H,20,21)(H,22,23). The molecule has 6 heteroatoms. The fraction of sp³-hybridized carbons (Fsp3) is 0.176. The molecule has 1 unspecified atom stereocenters. The Morgan fingerprint density at radius 1 is 0.957 bits per heavy atom. The molecule has 0 aliphatic carbocycles. The van der Waals surface area contributed by atoms with Crippen molar-refractivity contribution in [2.45, 2.75) is 19.3 Å². The van der Waals surface area contributed by atoms with Crippen molar-refractivity contribution in [3.8, 4) is 0 Å². The molecule has 2 aromatic carbocycles. The summed E-state index contributed by atoms with van der Waals surface area (Å²) in [4.78, 5) is 21.9. The maximum Gasteiger partial charge on any atom is 0.337 e. The molecule has 120 valence electrons. The zero-order chi connectivity index (χ0) is 17.1. The lowest BCUT2D eigenvalue weighted by molar-refractivity contribution is 0.0687. The fourth-order valence-electron chi connectivity index (χ4n) is 2.49. The van der Waals surface area contributed by atoms with Crippen LogP contribution in [0.25, 0.3) is 0 Å². The SMILES string of the molecule is CC(Cc1ccc(C(=O)O)c(N)c1)c1ccc(C(=O)O)c(N)c1. The first-order chi connectivity index (χ1) is 10.8. The average Bonchev–Trinajstić information content (AvgIpc) is 2.46. The Hall–Kier alpha value is -3.02. The monoisotopic (exact) mass is 314 g/mol. The highest BCUT2D eigenvalue weighted by atomic mass is 16.4. The van der Waals surface area contributed by atoms with Gasteiger partial charge in [-0.1, -0.05) is 19.1 Å². The lowest BCUT2D eigenvalue weighted by atomic mass is 9.92. The molecule has 0 radical (unpaired) electrons. The van der Waals surface area contributed by atoms with Crippen LogP contribution in [0.4, 0.5) is 11.4 Å². The zero-order valence-electron chi connectivity index (χ0n) is 12.6. The van der Waals surface area contributed by atoms with Crippen LogP contribution in [0.2, 0.25) is 0 Å². The van der Waals surface area contributed by atoms with E-state index in [0.29, 0.717) is 6.42 Å². The summed E-state index contributed by atoms with van der Waals surface area (Å²) in [6.45, 7) is 1.98. The van der Waals surface area contributed by atoms with Gasteiger partial charge in [0.1, 0.15) is 0 Å². The number of nitrogens with two attached hydrogens (primary N) is 2. The molecule has 0 aromatic heterocycles. The minimum atomic E-state index is -1.06. The normalized spacial score (nSPS) is 11.9. The molecule has 0 fully saturated rings. The first kappa shape index (κ1) is 16.4. The fourth-order valence-corrected chi connectivity index (χ4v) is 2.49. The van der Waals surface area contributed by atoms with E-state index in [0.717, 1.165) is 11.1 Å². The van der Waals surface area contributed by atoms with E-state index >= 15 is 0 Å². The van der Waals surface area contributed by atoms with Crippen molar-refractivity contribution in [1.29, 1.82) is 0 Å². The van der Waals surface area contributed by atoms with E-state index < -0.39 is 11.9 Å². The number of benzene rings is 2. The largest absolute Gasteiger partial charge is 0.478 e. The van der Waals surface area contributed by atoms with Gasteiger partial charge in [0.2, 0.25) is 0 Å². The van der Waals surface area contributed by atoms with Crippen molar-refractivity contribution < 1.29 is 19.8 Å². The third-order valence-corrected chi connectivity index (χ3v) is 3.76. The second-order valence-corrected chi connectivity index (χ2v) is 5.48. The number of rotatable bonds is 5. The zero-order valence-corrected chi connectivity index (χ0v) is 12.6. The van der Waals surface area contributed by atoms with Crippen LogP contribution in [0.3, 0.4) is 0 Å². The second kappa shape index (κ2) is 6.39. The molecule has 0 aliphatic heterocycles. The Kier molecular flexibility index (Phi) is 4.55. The molecule has 0 saturated heterocycles. The summed E-state index contributed by atoms with van der Waals surface area (Å²) in [5.41, 5.74) is 13.9. The first-order valence-corrected chi connectivity index (χ1v) is 7.04. The van der Waals surface area contributed by atoms with Crippen LogP contribution in [0.5, 0.6) is 0 Å². The number of anilines is 2. The maximum atomic E-state index is 11.0. The Bertz CT molecular complexity index is 771. The first-order valence-electron chi connectivity index (χ1n) is 7.04. The predicted octanol–water partition coefficient (Wildman–Crippen LogP) is 2.59. The van der Waals surface area contributed by atoms with E-state index in [9.17, 15) is 9.59 Å². The van der Waals surface area contributed by atoms with Gasteiger partial charge in [-0.05, 0) is 47.7 Å². The lowest BCUT2D eigenvalue weighted by Crippen LogP contribution is -2.06. The molecule has 0 spiro atoms. The predicted molar refractivity (Wildman–Crippen MR) is 87.7 cm³/mol. The average molecular weight is 314 g/mol. The van der Waals surface area contributed by atoms with Crippen molar-refractivity contribution >= 4 is 23.3 Å². The molecule has 6 nitrogen and oxygen atoms in total. The van der Waals surface area contributed by atoms with Crippen LogP contribution >= 0.6 is 0 Å². The highest BCUT2D eigenvalue weighted by Gasteiger charge is 2.14. The molecule has 0 amide bonds. The summed E-state index contributed by atoms with van der Waals surface area (Å²) in [6.07, 6.45) is 0.635. The van der Waals surface area contributed by atoms with Gasteiger partial charge in [0.25, 0.3) is 0 Å². The summed E-state index contributed by atoms with van der Waals surface area (Å²) in [5.74, 6) is -2.03. The Balaban J connectivity index is 2.20. The molecule has 1 atom stereocenters. The van der Waals surface area contributed by atoms with Crippen molar-refractivity contribution in [2.75, 3.05) is 11.5 Å². The summed E-state index contributed by atoms with van der Waals surface area (Å²) in [6, 6.07) is 9.75. The van der Waals surface area contributed by atoms with Crippen molar-refractivity contribution in [3.63, 3.8) is 0 Å². The Labute approximate surface area is 133 Å². The van der Waals surface area contributed by atoms with Crippen molar-refractivity contribution in [1.82, 2.24) is 0 Å². The van der Waals surface area contributed by atoms with Crippen LogP contribution < -0.4 is 11.5 Å². The van der Waals surface area contributed by atoms with Gasteiger partial charge in [-0.25, -0.2) is 9.59 Å². The molecule has 0 heterocycles. The number of carbonyl (C=O) groups is 2. The molecule has 2 aromatic rings. The van der Waals surface area contributed by atoms with E-state index in [1.807, 2.05) is 6.92 Å². The molecule has 0 aliphatic rings. The van der Waals surface area contributed by atoms with E-state index in [4.69, 9.17) is 21.7 Å². The van der Waals surface area contributed by atoms with E-state index in [1.54, 1.807) is 24.3 Å². The number of carboxylic acids is 2. The Morgan fingerprint density at radius 3 is 1.96 bits per heavy atom. The molecule has 0 bridgehead atoms. The highest BCUT2D eigenvalue weighted by molar-refractivity contribution is 5.94. The summed E-state index contributed by atoms with van der Waals surface area (Å²) >= 11 is 0. The summed E-state index contributed by atoms with van der Waals surface area (Å²) in [7, 11) is 0. The summed E-state index contributed by atoms with van der Waals surface area (Å²) < 4.78 is 0. The van der Waals surface area contributed by atoms with E-state index in [2.05, 4.69) is 0 Å². The smallest absolute Gasteiger partial charge is 0.337 e. The minimum absolute atomic E-state index is 0.0789. The van der Waals surface area contributed by atoms with E-state index in [-0.39, 0.29) is 28.4 Å². The molecule has 6 N–H and O–H groups in total. The molecular formula is C17H18N2O4. The number of aromatic carboxylic acids is 2. The van der Waals surface area contributed by atoms with Crippen LogP contribution in [-0.2, 0) is 6.42 Å². The van der Waals surface area contributed by atoms with Crippen LogP contribution in [0.15, 0.2) is 36.4 Å². The van der Waals surface area contributed by atoms with Gasteiger partial charge in [0.15, 0.2) is 0 Å². The van der Waals surface area contributed by atoms with E-state index in [1.165, 1.54) is 12.1 Å². The number of carboxylic acid groups (broad SMARTS) is 2. The van der Waals surface area contributed by atoms with Crippen molar-refractivity contribution in [2.24, 2.45) is 0 Å². The highest BCUT2D eigenvalue weighted by Crippen LogP contribution is 2.25. The quantitative estimate of drug-likeness (QED) is 0.628. The van der Waals surface area contributed by atoms with Gasteiger partial charge in [0, 0.05) is 11.4 Å². The van der Waals surface area contributed by atoms with Gasteiger partial charge in [-0.2, -0.15) is 0 Å². The van der Waals surface area contributed by atoms with Crippen LogP contribution in [0.1, 0.15) is 44.7 Å². The second-order valence-electron chi connectivity index (χ2n) is 5.48. The van der Waals surface area contributed by atoms with Crippen LogP contribution in [0, 0.1) is 0 Å². The maximum absolute atomic E-state index is 11.0. The number of hydrogen-bond donors (Lipinski definition) is 4. The van der Waals surface area contributed by atoms with Gasteiger partial charge < -0.3 is 21.7 Å². The van der Waals surface area contributed by atoms with Gasteiger partial charge in [0.05, 0.1) is 11.1 Å². The minimum Gasteiger partial charge on any atom is -0.478 e. The summed E-state index contributed by atoms with van der Waals surface area (Å²) in [5, 5.41) is 18.0. The number of hydrogen-bond acceptors (Lipinski definition) is 4. The third kappa shape index (κ3) is 3.60. The Morgan fingerprint density at radius 2 is 1.48 bits per heavy atom. The molecular weight excluding hydrogens is 296 g/mol. The number of nitrogen functional groups attached to an aromatic ring is 2. The van der Waals surface area contributed by atoms with Crippen LogP contribution in [-0.4, -0.2) is 22.2 Å².